The highest BCUT2D eigenvalue weighted by Crippen LogP contribution is 2.24. The van der Waals surface area contributed by atoms with Crippen LogP contribution in [-0.2, 0) is 13.0 Å². The number of hydrogen-bond acceptors (Lipinski definition) is 4. The van der Waals surface area contributed by atoms with Crippen molar-refractivity contribution in [1.29, 1.82) is 0 Å². The van der Waals surface area contributed by atoms with Gasteiger partial charge in [-0.15, -0.1) is 10.2 Å². The molecule has 1 atom stereocenters. The Kier molecular flexibility index (Phi) is 4.61. The molecule has 1 fully saturated rings. The summed E-state index contributed by atoms with van der Waals surface area (Å²) in [6, 6.07) is 19.4. The summed E-state index contributed by atoms with van der Waals surface area (Å²) in [6.45, 7) is 3.90. The Hall–Kier alpha value is -2.46. The molecule has 1 saturated heterocycles. The lowest BCUT2D eigenvalue weighted by atomic mass is 10.0. The maximum Gasteiger partial charge on any atom is 0.247 e. The van der Waals surface area contributed by atoms with E-state index in [0.717, 1.165) is 25.1 Å². The van der Waals surface area contributed by atoms with Crippen molar-refractivity contribution in [3.8, 4) is 11.5 Å². The van der Waals surface area contributed by atoms with Gasteiger partial charge in [-0.3, -0.25) is 4.90 Å². The van der Waals surface area contributed by atoms with Gasteiger partial charge >= 0.3 is 0 Å². The Morgan fingerprint density at radius 3 is 2.80 bits per heavy atom. The van der Waals surface area contributed by atoms with E-state index in [1.807, 2.05) is 12.1 Å². The first-order valence-corrected chi connectivity index (χ1v) is 8.95. The molecule has 0 aliphatic carbocycles. The van der Waals surface area contributed by atoms with Crippen LogP contribution in [0.25, 0.3) is 11.5 Å². The zero-order valence-corrected chi connectivity index (χ0v) is 14.6. The molecule has 4 rings (SSSR count). The number of nitrogens with zero attached hydrogens (tertiary/aromatic N) is 3. The molecule has 1 unspecified atom stereocenters. The SMILES string of the molecule is Cc1cccc(-c2nnc(CN3CCCC3Cc3ccccc3)o2)c1. The highest BCUT2D eigenvalue weighted by molar-refractivity contribution is 5.53. The van der Waals surface area contributed by atoms with Gasteiger partial charge in [0.05, 0.1) is 6.54 Å². The first-order chi connectivity index (χ1) is 12.3. The zero-order chi connectivity index (χ0) is 17.1. The smallest absolute Gasteiger partial charge is 0.247 e. The summed E-state index contributed by atoms with van der Waals surface area (Å²) in [7, 11) is 0. The quantitative estimate of drug-likeness (QED) is 0.700. The van der Waals surface area contributed by atoms with Crippen molar-refractivity contribution in [3.05, 3.63) is 71.6 Å². The normalized spacial score (nSPS) is 17.9. The summed E-state index contributed by atoms with van der Waals surface area (Å²) in [4.78, 5) is 2.47. The van der Waals surface area contributed by atoms with Crippen LogP contribution in [-0.4, -0.2) is 27.7 Å². The van der Waals surface area contributed by atoms with Crippen LogP contribution in [0.5, 0.6) is 0 Å². The molecule has 4 heteroatoms. The third-order valence-electron chi connectivity index (χ3n) is 4.88. The van der Waals surface area contributed by atoms with Gasteiger partial charge in [-0.05, 0) is 50.4 Å². The number of aryl methyl sites for hydroxylation is 1. The fraction of sp³-hybridized carbons (Fsp3) is 0.333. The van der Waals surface area contributed by atoms with Gasteiger partial charge in [0.25, 0.3) is 0 Å². The van der Waals surface area contributed by atoms with E-state index in [1.54, 1.807) is 0 Å². The largest absolute Gasteiger partial charge is 0.419 e. The standard InChI is InChI=1S/C21H23N3O/c1-16-7-5-10-18(13-16)21-23-22-20(25-21)15-24-12-6-11-19(24)14-17-8-3-2-4-9-17/h2-5,7-10,13,19H,6,11-12,14-15H2,1H3. The van der Waals surface area contributed by atoms with Crippen molar-refractivity contribution in [1.82, 2.24) is 15.1 Å². The molecule has 25 heavy (non-hydrogen) atoms. The molecule has 4 nitrogen and oxygen atoms in total. The number of likely N-dealkylation sites (tertiary alicyclic amines) is 1. The molecule has 3 aromatic rings. The van der Waals surface area contributed by atoms with Crippen LogP contribution < -0.4 is 0 Å². The van der Waals surface area contributed by atoms with Gasteiger partial charge in [0.1, 0.15) is 0 Å². The fourth-order valence-electron chi connectivity index (χ4n) is 3.61. The second-order valence-corrected chi connectivity index (χ2v) is 6.83. The van der Waals surface area contributed by atoms with E-state index in [-0.39, 0.29) is 0 Å². The monoisotopic (exact) mass is 333 g/mol. The van der Waals surface area contributed by atoms with Crippen molar-refractivity contribution in [2.24, 2.45) is 0 Å². The highest BCUT2D eigenvalue weighted by atomic mass is 16.4. The molecular formula is C21H23N3O. The average Bonchev–Trinajstić information content (AvgIpc) is 3.26. The summed E-state index contributed by atoms with van der Waals surface area (Å²) in [6.07, 6.45) is 3.55. The molecule has 2 aromatic carbocycles. The van der Waals surface area contributed by atoms with Gasteiger partial charge in [0, 0.05) is 11.6 Å². The van der Waals surface area contributed by atoms with E-state index in [0.29, 0.717) is 17.8 Å². The zero-order valence-electron chi connectivity index (χ0n) is 14.6. The lowest BCUT2D eigenvalue weighted by molar-refractivity contribution is 0.221. The maximum absolute atomic E-state index is 5.92. The van der Waals surface area contributed by atoms with Gasteiger partial charge in [-0.2, -0.15) is 0 Å². The summed E-state index contributed by atoms with van der Waals surface area (Å²) in [5.41, 5.74) is 3.58. The Labute approximate surface area is 148 Å². The molecule has 0 spiro atoms. The molecule has 128 valence electrons. The van der Waals surface area contributed by atoms with Crippen LogP contribution in [0.2, 0.25) is 0 Å². The third-order valence-corrected chi connectivity index (χ3v) is 4.88. The minimum atomic E-state index is 0.553. The van der Waals surface area contributed by atoms with E-state index in [9.17, 15) is 0 Å². The molecular weight excluding hydrogens is 310 g/mol. The topological polar surface area (TPSA) is 42.2 Å². The van der Waals surface area contributed by atoms with Gasteiger partial charge in [-0.1, -0.05) is 48.0 Å². The first-order valence-electron chi connectivity index (χ1n) is 8.95. The lowest BCUT2D eigenvalue weighted by Gasteiger charge is -2.22. The molecule has 0 bridgehead atoms. The third kappa shape index (κ3) is 3.80. The fourth-order valence-corrected chi connectivity index (χ4v) is 3.61. The van der Waals surface area contributed by atoms with Gasteiger partial charge in [-0.25, -0.2) is 0 Å². The van der Waals surface area contributed by atoms with Crippen LogP contribution in [0.4, 0.5) is 0 Å². The summed E-state index contributed by atoms with van der Waals surface area (Å²) >= 11 is 0. The van der Waals surface area contributed by atoms with Crippen molar-refractivity contribution in [2.75, 3.05) is 6.54 Å². The maximum atomic E-state index is 5.92. The van der Waals surface area contributed by atoms with Crippen LogP contribution in [0, 0.1) is 6.92 Å². The molecule has 0 amide bonds. The second-order valence-electron chi connectivity index (χ2n) is 6.83. The van der Waals surface area contributed by atoms with E-state index in [2.05, 4.69) is 64.5 Å². The summed E-state index contributed by atoms with van der Waals surface area (Å²) in [5.74, 6) is 1.31. The molecule has 0 saturated carbocycles. The highest BCUT2D eigenvalue weighted by Gasteiger charge is 2.26. The second kappa shape index (κ2) is 7.19. The van der Waals surface area contributed by atoms with Crippen molar-refractivity contribution in [2.45, 2.75) is 38.8 Å². The van der Waals surface area contributed by atoms with Crippen molar-refractivity contribution in [3.63, 3.8) is 0 Å². The van der Waals surface area contributed by atoms with E-state index in [1.165, 1.54) is 24.0 Å². The Morgan fingerprint density at radius 2 is 1.96 bits per heavy atom. The van der Waals surface area contributed by atoms with E-state index >= 15 is 0 Å². The Balaban J connectivity index is 1.45. The molecule has 2 heterocycles. The molecule has 1 aliphatic heterocycles. The van der Waals surface area contributed by atoms with Gasteiger partial charge < -0.3 is 4.42 Å². The Bertz CT molecular complexity index is 828. The minimum absolute atomic E-state index is 0.553. The number of hydrogen-bond donors (Lipinski definition) is 0. The predicted molar refractivity (Wildman–Crippen MR) is 98.0 cm³/mol. The van der Waals surface area contributed by atoms with Crippen LogP contribution >= 0.6 is 0 Å². The molecule has 1 aliphatic rings. The Morgan fingerprint density at radius 1 is 1.08 bits per heavy atom. The van der Waals surface area contributed by atoms with Crippen LogP contribution in [0.15, 0.2) is 59.0 Å². The molecule has 1 aromatic heterocycles. The predicted octanol–water partition coefficient (Wildman–Crippen LogP) is 4.25. The average molecular weight is 333 g/mol. The minimum Gasteiger partial charge on any atom is -0.419 e. The van der Waals surface area contributed by atoms with Gasteiger partial charge in [0.15, 0.2) is 0 Å². The van der Waals surface area contributed by atoms with E-state index < -0.39 is 0 Å². The van der Waals surface area contributed by atoms with Crippen molar-refractivity contribution >= 4 is 0 Å². The summed E-state index contributed by atoms with van der Waals surface area (Å²) in [5, 5.41) is 8.50. The molecule has 0 N–H and O–H groups in total. The number of rotatable bonds is 5. The lowest BCUT2D eigenvalue weighted by Crippen LogP contribution is -2.30. The first kappa shape index (κ1) is 16.0. The number of benzene rings is 2. The van der Waals surface area contributed by atoms with Crippen LogP contribution in [0.1, 0.15) is 29.9 Å². The van der Waals surface area contributed by atoms with E-state index in [4.69, 9.17) is 4.42 Å². The number of aromatic nitrogens is 2. The van der Waals surface area contributed by atoms with Crippen molar-refractivity contribution < 1.29 is 4.42 Å². The van der Waals surface area contributed by atoms with Gasteiger partial charge in [0.2, 0.25) is 11.8 Å². The molecule has 0 radical (unpaired) electrons. The van der Waals surface area contributed by atoms with Crippen LogP contribution in [0.3, 0.4) is 0 Å². The summed E-state index contributed by atoms with van der Waals surface area (Å²) < 4.78 is 5.92.